The summed E-state index contributed by atoms with van der Waals surface area (Å²) in [5, 5.41) is 10.3. The first-order chi connectivity index (χ1) is 14.2. The Morgan fingerprint density at radius 1 is 1.23 bits per heavy atom. The van der Waals surface area contributed by atoms with E-state index in [9.17, 15) is 10.1 Å². The number of ether oxygens (including phenoxy) is 2. The first-order valence-corrected chi connectivity index (χ1v) is 11.2. The molecule has 2 aliphatic rings. The summed E-state index contributed by atoms with van der Waals surface area (Å²) in [6, 6.07) is 8.10. The second-order valence-corrected chi connectivity index (χ2v) is 10.4. The van der Waals surface area contributed by atoms with Gasteiger partial charge in [0.2, 0.25) is 0 Å². The van der Waals surface area contributed by atoms with E-state index in [0.717, 1.165) is 41.1 Å². The van der Waals surface area contributed by atoms with E-state index < -0.39 is 5.60 Å². The van der Waals surface area contributed by atoms with Crippen LogP contribution >= 0.6 is 11.3 Å². The third-order valence-corrected chi connectivity index (χ3v) is 6.46. The van der Waals surface area contributed by atoms with Crippen LogP contribution in [-0.2, 0) is 4.74 Å². The molecule has 1 amide bonds. The smallest absolute Gasteiger partial charge is 0.410 e. The molecular formula is C23H27N3O3S. The number of carbonyl (C=O) groups excluding carboxylic acids is 1. The molecule has 158 valence electrons. The largest absolute Gasteiger partial charge is 0.490 e. The summed E-state index contributed by atoms with van der Waals surface area (Å²) in [6.07, 6.45) is 5.14. The van der Waals surface area contributed by atoms with Crippen molar-refractivity contribution in [2.24, 2.45) is 0 Å². The Balaban J connectivity index is 1.49. The van der Waals surface area contributed by atoms with Crippen LogP contribution in [0.2, 0.25) is 0 Å². The minimum absolute atomic E-state index is 0.0148. The maximum Gasteiger partial charge on any atom is 0.410 e. The fraction of sp³-hybridized carbons (Fsp3) is 0.522. The second kappa shape index (κ2) is 7.92. The van der Waals surface area contributed by atoms with Gasteiger partial charge in [-0.15, -0.1) is 11.3 Å². The zero-order valence-electron chi connectivity index (χ0n) is 17.8. The summed E-state index contributed by atoms with van der Waals surface area (Å²) in [7, 11) is 0. The average Bonchev–Trinajstić information content (AvgIpc) is 3.21. The molecule has 3 atom stereocenters. The maximum absolute atomic E-state index is 12.6. The second-order valence-electron chi connectivity index (χ2n) is 9.12. The minimum atomic E-state index is -0.494. The van der Waals surface area contributed by atoms with Crippen LogP contribution < -0.4 is 4.74 Å². The van der Waals surface area contributed by atoms with Gasteiger partial charge in [0.15, 0.2) is 0 Å². The molecule has 3 heterocycles. The van der Waals surface area contributed by atoms with Gasteiger partial charge in [0, 0.05) is 41.6 Å². The van der Waals surface area contributed by atoms with Crippen LogP contribution in [0.3, 0.4) is 0 Å². The van der Waals surface area contributed by atoms with Crippen molar-refractivity contribution >= 4 is 17.4 Å². The Morgan fingerprint density at radius 3 is 2.50 bits per heavy atom. The van der Waals surface area contributed by atoms with Gasteiger partial charge < -0.3 is 14.4 Å². The molecule has 0 unspecified atom stereocenters. The van der Waals surface area contributed by atoms with Crippen LogP contribution in [0.5, 0.6) is 5.75 Å². The lowest BCUT2D eigenvalue weighted by Crippen LogP contribution is -2.50. The molecule has 0 radical (unpaired) electrons. The average molecular weight is 426 g/mol. The number of hydrogen-bond acceptors (Lipinski definition) is 6. The van der Waals surface area contributed by atoms with Gasteiger partial charge in [-0.25, -0.2) is 9.78 Å². The molecule has 0 saturated carbocycles. The van der Waals surface area contributed by atoms with E-state index in [4.69, 9.17) is 9.47 Å². The van der Waals surface area contributed by atoms with Crippen molar-refractivity contribution in [2.75, 3.05) is 0 Å². The number of aromatic nitrogens is 1. The molecule has 0 aliphatic carbocycles. The SMILES string of the molecule is Cc1cnc(-c2cc(C#N)cc(O[C@@H]3C[C@H]4CC[C@@H](C3)N4C(=O)OC(C)(C)C)c2)s1. The van der Waals surface area contributed by atoms with E-state index in [2.05, 4.69) is 11.1 Å². The summed E-state index contributed by atoms with van der Waals surface area (Å²) in [5.41, 5.74) is 0.965. The summed E-state index contributed by atoms with van der Waals surface area (Å²) in [6.45, 7) is 7.70. The van der Waals surface area contributed by atoms with Crippen LogP contribution in [-0.4, -0.2) is 39.8 Å². The quantitative estimate of drug-likeness (QED) is 0.667. The molecule has 2 aliphatic heterocycles. The fourth-order valence-electron chi connectivity index (χ4n) is 4.37. The van der Waals surface area contributed by atoms with Gasteiger partial charge >= 0.3 is 6.09 Å². The Kier molecular flexibility index (Phi) is 5.46. The molecule has 1 aromatic carbocycles. The van der Waals surface area contributed by atoms with E-state index in [-0.39, 0.29) is 24.3 Å². The Hall–Kier alpha value is -2.59. The van der Waals surface area contributed by atoms with Gasteiger partial charge in [0.05, 0.1) is 11.6 Å². The molecule has 0 N–H and O–H groups in total. The number of amides is 1. The summed E-state index contributed by atoms with van der Waals surface area (Å²) < 4.78 is 11.9. The van der Waals surface area contributed by atoms with Gasteiger partial charge in [0.1, 0.15) is 22.5 Å². The van der Waals surface area contributed by atoms with E-state index in [1.165, 1.54) is 0 Å². The Morgan fingerprint density at radius 2 is 1.93 bits per heavy atom. The summed E-state index contributed by atoms with van der Waals surface area (Å²) >= 11 is 1.60. The minimum Gasteiger partial charge on any atom is -0.490 e. The lowest BCUT2D eigenvalue weighted by atomic mass is 10.00. The highest BCUT2D eigenvalue weighted by atomic mass is 32.1. The molecule has 2 bridgehead atoms. The molecule has 2 saturated heterocycles. The standard InChI is InChI=1S/C23H27N3O3S/c1-14-13-25-21(30-14)16-7-15(12-24)8-19(9-16)28-20-10-17-5-6-18(11-20)26(17)22(27)29-23(2,3)4/h7-9,13,17-18,20H,5-6,10-11H2,1-4H3/t17-,18+,20-. The normalized spacial score (nSPS) is 23.2. The van der Waals surface area contributed by atoms with Crippen LogP contribution in [0, 0.1) is 18.3 Å². The molecule has 0 spiro atoms. The van der Waals surface area contributed by atoms with E-state index in [0.29, 0.717) is 11.3 Å². The van der Waals surface area contributed by atoms with Crippen LogP contribution in [0.1, 0.15) is 56.9 Å². The molecule has 2 aromatic rings. The third-order valence-electron chi connectivity index (χ3n) is 5.50. The number of aryl methyl sites for hydroxylation is 1. The van der Waals surface area contributed by atoms with Crippen molar-refractivity contribution in [1.82, 2.24) is 9.88 Å². The van der Waals surface area contributed by atoms with Crippen molar-refractivity contribution < 1.29 is 14.3 Å². The predicted octanol–water partition coefficient (Wildman–Crippen LogP) is 5.30. The number of thiazole rings is 1. The van der Waals surface area contributed by atoms with Crippen molar-refractivity contribution in [3.05, 3.63) is 34.8 Å². The maximum atomic E-state index is 12.6. The zero-order chi connectivity index (χ0) is 21.5. The van der Waals surface area contributed by atoms with Gasteiger partial charge in [-0.05, 0) is 58.7 Å². The topological polar surface area (TPSA) is 75.5 Å². The van der Waals surface area contributed by atoms with Crippen molar-refractivity contribution in [3.8, 4) is 22.4 Å². The van der Waals surface area contributed by atoms with Crippen LogP contribution in [0.4, 0.5) is 4.79 Å². The first kappa shape index (κ1) is 20.7. The Labute approximate surface area is 181 Å². The zero-order valence-corrected chi connectivity index (χ0v) is 18.7. The number of benzene rings is 1. The lowest BCUT2D eigenvalue weighted by molar-refractivity contribution is -0.00706. The summed E-state index contributed by atoms with van der Waals surface area (Å²) in [5.74, 6) is 0.687. The molecule has 6 nitrogen and oxygen atoms in total. The fourth-order valence-corrected chi connectivity index (χ4v) is 5.12. The van der Waals surface area contributed by atoms with Gasteiger partial charge in [-0.1, -0.05) is 0 Å². The molecule has 30 heavy (non-hydrogen) atoms. The third kappa shape index (κ3) is 4.44. The molecular weight excluding hydrogens is 398 g/mol. The van der Waals surface area contributed by atoms with E-state index >= 15 is 0 Å². The monoisotopic (exact) mass is 425 g/mol. The highest BCUT2D eigenvalue weighted by molar-refractivity contribution is 7.14. The number of nitrogens with zero attached hydrogens (tertiary/aromatic N) is 3. The van der Waals surface area contributed by atoms with Crippen LogP contribution in [0.25, 0.3) is 10.6 Å². The van der Waals surface area contributed by atoms with Crippen molar-refractivity contribution in [3.63, 3.8) is 0 Å². The van der Waals surface area contributed by atoms with Gasteiger partial charge in [0.25, 0.3) is 0 Å². The summed E-state index contributed by atoms with van der Waals surface area (Å²) in [4.78, 5) is 20.1. The molecule has 7 heteroatoms. The number of piperidine rings is 1. The van der Waals surface area contributed by atoms with Gasteiger partial charge in [-0.2, -0.15) is 5.26 Å². The number of nitriles is 1. The number of carbonyl (C=O) groups is 1. The predicted molar refractivity (Wildman–Crippen MR) is 116 cm³/mol. The lowest BCUT2D eigenvalue weighted by Gasteiger charge is -2.39. The van der Waals surface area contributed by atoms with E-state index in [1.54, 1.807) is 17.4 Å². The van der Waals surface area contributed by atoms with Gasteiger partial charge in [-0.3, -0.25) is 0 Å². The van der Waals surface area contributed by atoms with Crippen molar-refractivity contribution in [2.45, 2.75) is 77.2 Å². The highest BCUT2D eigenvalue weighted by Crippen LogP contribution is 2.39. The van der Waals surface area contributed by atoms with E-state index in [1.807, 2.05) is 50.9 Å². The first-order valence-electron chi connectivity index (χ1n) is 10.4. The van der Waals surface area contributed by atoms with Crippen LogP contribution in [0.15, 0.2) is 24.4 Å². The Bertz CT molecular complexity index is 974. The molecule has 2 fully saturated rings. The molecule has 4 rings (SSSR count). The highest BCUT2D eigenvalue weighted by Gasteiger charge is 2.45. The van der Waals surface area contributed by atoms with Crippen molar-refractivity contribution in [1.29, 1.82) is 5.26 Å². The number of hydrogen-bond donors (Lipinski definition) is 0. The number of rotatable bonds is 3. The molecule has 1 aromatic heterocycles. The number of fused-ring (bicyclic) bond motifs is 2.